The molecule has 4 nitrogen and oxygen atoms in total. The lowest BCUT2D eigenvalue weighted by Crippen LogP contribution is -2.38. The molecule has 0 aromatic rings. The van der Waals surface area contributed by atoms with E-state index < -0.39 is 11.9 Å². The van der Waals surface area contributed by atoms with Crippen molar-refractivity contribution in [2.75, 3.05) is 0 Å². The lowest BCUT2D eigenvalue weighted by molar-refractivity contribution is -0.313. The number of unbranched alkanes of at least 4 members (excludes halogenated alkanes) is 7. The summed E-state index contributed by atoms with van der Waals surface area (Å²) < 4.78 is 0. The van der Waals surface area contributed by atoms with Crippen LogP contribution in [0.1, 0.15) is 90.4 Å². The average Bonchev–Trinajstić information content (AvgIpc) is 2.58. The summed E-state index contributed by atoms with van der Waals surface area (Å²) in [5.41, 5.74) is 0. The van der Waals surface area contributed by atoms with Crippen LogP contribution in [0.4, 0.5) is 0 Å². The van der Waals surface area contributed by atoms with Gasteiger partial charge >= 0.3 is 0 Å². The van der Waals surface area contributed by atoms with Crippen molar-refractivity contribution in [3.8, 4) is 0 Å². The van der Waals surface area contributed by atoms with Crippen molar-refractivity contribution in [3.63, 3.8) is 0 Å². The Hall–Kier alpha value is -1.32. The fourth-order valence-electron chi connectivity index (χ4n) is 3.81. The minimum absolute atomic E-state index is 0.0973. The number of hydrogen-bond donors (Lipinski definition) is 0. The topological polar surface area (TPSA) is 80.3 Å². The lowest BCUT2D eigenvalue weighted by atomic mass is 9.75. The van der Waals surface area contributed by atoms with Gasteiger partial charge in [-0.15, -0.1) is 0 Å². The summed E-state index contributed by atoms with van der Waals surface area (Å²) in [6.45, 7) is 2.20. The van der Waals surface area contributed by atoms with E-state index in [4.69, 9.17) is 0 Å². The first-order chi connectivity index (χ1) is 12.0. The summed E-state index contributed by atoms with van der Waals surface area (Å²) in [4.78, 5) is 21.9. The number of carboxylic acid groups (broad SMARTS) is 2. The van der Waals surface area contributed by atoms with E-state index in [9.17, 15) is 19.8 Å². The molecule has 3 atom stereocenters. The van der Waals surface area contributed by atoms with Crippen molar-refractivity contribution >= 4 is 11.9 Å². The molecule has 1 aliphatic carbocycles. The van der Waals surface area contributed by atoms with Gasteiger partial charge in [-0.1, -0.05) is 70.4 Å². The summed E-state index contributed by atoms with van der Waals surface area (Å²) in [5.74, 6) is -1.74. The molecule has 0 saturated carbocycles. The normalized spacial score (nSPS) is 22.8. The number of allylic oxidation sites excluding steroid dienone is 2. The van der Waals surface area contributed by atoms with Crippen molar-refractivity contribution in [2.24, 2.45) is 17.8 Å². The molecular formula is C21H34O4-2. The van der Waals surface area contributed by atoms with E-state index in [0.717, 1.165) is 44.9 Å². The molecule has 25 heavy (non-hydrogen) atoms. The monoisotopic (exact) mass is 350 g/mol. The fraction of sp³-hybridized carbons (Fsp3) is 0.810. The molecule has 0 N–H and O–H groups in total. The van der Waals surface area contributed by atoms with Crippen LogP contribution in [0.3, 0.4) is 0 Å². The van der Waals surface area contributed by atoms with Gasteiger partial charge in [0.25, 0.3) is 0 Å². The highest BCUT2D eigenvalue weighted by molar-refractivity contribution is 5.68. The number of rotatable bonds is 14. The van der Waals surface area contributed by atoms with Crippen LogP contribution in [0.5, 0.6) is 0 Å². The zero-order chi connectivity index (χ0) is 18.5. The minimum Gasteiger partial charge on any atom is -0.550 e. The maximum absolute atomic E-state index is 11.5. The number of carboxylic acids is 2. The highest BCUT2D eigenvalue weighted by atomic mass is 16.4. The van der Waals surface area contributed by atoms with E-state index in [0.29, 0.717) is 12.3 Å². The fourth-order valence-corrected chi connectivity index (χ4v) is 3.81. The van der Waals surface area contributed by atoms with Gasteiger partial charge in [0.05, 0.1) is 0 Å². The predicted molar refractivity (Wildman–Crippen MR) is 95.3 cm³/mol. The van der Waals surface area contributed by atoms with Crippen LogP contribution in [0.25, 0.3) is 0 Å². The van der Waals surface area contributed by atoms with Crippen LogP contribution < -0.4 is 10.2 Å². The molecule has 1 aliphatic rings. The molecule has 4 heteroatoms. The Labute approximate surface area is 152 Å². The molecule has 0 bridgehead atoms. The van der Waals surface area contributed by atoms with Gasteiger partial charge in [0.15, 0.2) is 0 Å². The van der Waals surface area contributed by atoms with Gasteiger partial charge in [0, 0.05) is 17.9 Å². The maximum Gasteiger partial charge on any atom is 0.0451 e. The largest absolute Gasteiger partial charge is 0.550 e. The smallest absolute Gasteiger partial charge is 0.0451 e. The van der Waals surface area contributed by atoms with Gasteiger partial charge in [-0.3, -0.25) is 0 Å². The molecule has 0 saturated heterocycles. The summed E-state index contributed by atoms with van der Waals surface area (Å²) in [7, 11) is 0. The third-order valence-corrected chi connectivity index (χ3v) is 5.35. The molecule has 0 radical (unpaired) electrons. The Balaban J connectivity index is 2.27. The predicted octanol–water partition coefficient (Wildman–Crippen LogP) is 3.00. The molecule has 0 amide bonds. The van der Waals surface area contributed by atoms with Gasteiger partial charge in [-0.25, -0.2) is 0 Å². The number of carbonyl (C=O) groups excluding carboxylic acids is 2. The first-order valence-corrected chi connectivity index (χ1v) is 10.1. The van der Waals surface area contributed by atoms with Gasteiger partial charge in [0.1, 0.15) is 0 Å². The van der Waals surface area contributed by atoms with Crippen molar-refractivity contribution in [1.82, 2.24) is 0 Å². The molecule has 0 spiro atoms. The lowest BCUT2D eigenvalue weighted by Gasteiger charge is -2.32. The minimum atomic E-state index is -0.978. The Bertz CT molecular complexity index is 416. The first-order valence-electron chi connectivity index (χ1n) is 10.1. The van der Waals surface area contributed by atoms with Gasteiger partial charge < -0.3 is 19.8 Å². The van der Waals surface area contributed by atoms with Crippen LogP contribution in [-0.4, -0.2) is 11.9 Å². The highest BCUT2D eigenvalue weighted by Gasteiger charge is 2.26. The van der Waals surface area contributed by atoms with Crippen molar-refractivity contribution in [1.29, 1.82) is 0 Å². The second-order valence-corrected chi connectivity index (χ2v) is 7.50. The second kappa shape index (κ2) is 13.0. The molecule has 0 heterocycles. The molecule has 0 fully saturated rings. The molecule has 0 aromatic carbocycles. The summed E-state index contributed by atoms with van der Waals surface area (Å²) in [5, 5.41) is 21.9. The number of carbonyl (C=O) groups is 2. The standard InChI is InChI=1S/C21H36O4/c1-2-3-4-8-11-17-14-15-18(19(16-17)21(24)25)12-9-6-5-7-10-13-20(22)23/h14-15,17-19H,2-13,16H2,1H3,(H,22,23)(H,24,25)/p-2. The molecule has 1 rings (SSSR count). The summed E-state index contributed by atoms with van der Waals surface area (Å²) in [6.07, 6.45) is 16.7. The van der Waals surface area contributed by atoms with Crippen LogP contribution in [0.15, 0.2) is 12.2 Å². The zero-order valence-electron chi connectivity index (χ0n) is 15.7. The van der Waals surface area contributed by atoms with Crippen LogP contribution in [0.2, 0.25) is 0 Å². The van der Waals surface area contributed by atoms with E-state index in [1.165, 1.54) is 25.7 Å². The van der Waals surface area contributed by atoms with E-state index in [2.05, 4.69) is 19.1 Å². The van der Waals surface area contributed by atoms with Crippen LogP contribution >= 0.6 is 0 Å². The highest BCUT2D eigenvalue weighted by Crippen LogP contribution is 2.34. The Morgan fingerprint density at radius 1 is 0.880 bits per heavy atom. The SMILES string of the molecule is CCCCCCC1C=CC(CCCCCCCC(=O)[O-])C(C(=O)[O-])C1. The Morgan fingerprint density at radius 3 is 2.20 bits per heavy atom. The van der Waals surface area contributed by atoms with E-state index >= 15 is 0 Å². The second-order valence-electron chi connectivity index (χ2n) is 7.50. The third kappa shape index (κ3) is 9.66. The van der Waals surface area contributed by atoms with Gasteiger partial charge in [-0.05, 0) is 43.9 Å². The quantitative estimate of drug-likeness (QED) is 0.356. The van der Waals surface area contributed by atoms with E-state index in [-0.39, 0.29) is 18.3 Å². The van der Waals surface area contributed by atoms with Gasteiger partial charge in [-0.2, -0.15) is 0 Å². The Kier molecular flexibility index (Phi) is 11.3. The summed E-state index contributed by atoms with van der Waals surface area (Å²) in [6, 6.07) is 0. The average molecular weight is 350 g/mol. The molecule has 0 aromatic heterocycles. The van der Waals surface area contributed by atoms with Crippen molar-refractivity contribution in [3.05, 3.63) is 12.2 Å². The third-order valence-electron chi connectivity index (χ3n) is 5.35. The van der Waals surface area contributed by atoms with Gasteiger partial charge in [0.2, 0.25) is 0 Å². The number of aliphatic carboxylic acids is 2. The summed E-state index contributed by atoms with van der Waals surface area (Å²) >= 11 is 0. The van der Waals surface area contributed by atoms with E-state index in [1.54, 1.807) is 0 Å². The molecular weight excluding hydrogens is 316 g/mol. The molecule has 3 unspecified atom stereocenters. The number of hydrogen-bond acceptors (Lipinski definition) is 4. The molecule has 0 aliphatic heterocycles. The maximum atomic E-state index is 11.5. The van der Waals surface area contributed by atoms with Crippen LogP contribution in [-0.2, 0) is 9.59 Å². The van der Waals surface area contributed by atoms with Crippen molar-refractivity contribution < 1.29 is 19.8 Å². The van der Waals surface area contributed by atoms with Crippen LogP contribution in [0, 0.1) is 17.8 Å². The first kappa shape index (κ1) is 21.7. The molecule has 144 valence electrons. The van der Waals surface area contributed by atoms with Crippen molar-refractivity contribution in [2.45, 2.75) is 90.4 Å². The zero-order valence-corrected chi connectivity index (χ0v) is 15.7. The van der Waals surface area contributed by atoms with E-state index in [1.807, 2.05) is 0 Å². The Morgan fingerprint density at radius 2 is 1.52 bits per heavy atom.